The van der Waals surface area contributed by atoms with E-state index in [4.69, 9.17) is 0 Å². The fourth-order valence-electron chi connectivity index (χ4n) is 2.49. The summed E-state index contributed by atoms with van der Waals surface area (Å²) in [4.78, 5) is 14.4. The standard InChI is InChI=1S/C19H24N2O/c1-15-10-11-18(16(2)14-15)19(22)20-12-7-13-21(3)17-8-5-4-6-9-17/h4-6,8-11,14H,7,12-13H2,1-3H3,(H,20,22). The molecule has 0 bridgehead atoms. The van der Waals surface area contributed by atoms with E-state index in [1.54, 1.807) is 0 Å². The zero-order valence-corrected chi connectivity index (χ0v) is 13.6. The van der Waals surface area contributed by atoms with E-state index in [2.05, 4.69) is 29.4 Å². The van der Waals surface area contributed by atoms with Crippen molar-refractivity contribution in [1.29, 1.82) is 0 Å². The maximum absolute atomic E-state index is 12.2. The van der Waals surface area contributed by atoms with Crippen LogP contribution in [0.2, 0.25) is 0 Å². The normalized spacial score (nSPS) is 10.3. The Hall–Kier alpha value is -2.29. The largest absolute Gasteiger partial charge is 0.375 e. The van der Waals surface area contributed by atoms with Crippen LogP contribution in [0.4, 0.5) is 5.69 Å². The summed E-state index contributed by atoms with van der Waals surface area (Å²) in [6.07, 6.45) is 0.919. The van der Waals surface area contributed by atoms with Gasteiger partial charge in [-0.1, -0.05) is 35.9 Å². The van der Waals surface area contributed by atoms with Crippen LogP contribution in [0.15, 0.2) is 48.5 Å². The average Bonchev–Trinajstić information content (AvgIpc) is 2.52. The third-order valence-corrected chi connectivity index (χ3v) is 3.78. The van der Waals surface area contributed by atoms with Gasteiger partial charge in [0.2, 0.25) is 0 Å². The third kappa shape index (κ3) is 4.35. The van der Waals surface area contributed by atoms with E-state index in [1.165, 1.54) is 11.3 Å². The second-order valence-electron chi connectivity index (χ2n) is 5.68. The van der Waals surface area contributed by atoms with E-state index in [0.29, 0.717) is 6.54 Å². The van der Waals surface area contributed by atoms with E-state index in [0.717, 1.165) is 24.1 Å². The molecule has 0 radical (unpaired) electrons. The van der Waals surface area contributed by atoms with Crippen molar-refractivity contribution in [2.75, 3.05) is 25.0 Å². The second-order valence-corrected chi connectivity index (χ2v) is 5.68. The molecule has 2 aromatic rings. The van der Waals surface area contributed by atoms with Crippen molar-refractivity contribution in [2.45, 2.75) is 20.3 Å². The number of nitrogens with zero attached hydrogens (tertiary/aromatic N) is 1. The number of rotatable bonds is 6. The maximum atomic E-state index is 12.2. The Kier molecular flexibility index (Phi) is 5.59. The van der Waals surface area contributed by atoms with Crippen LogP contribution in [-0.4, -0.2) is 26.0 Å². The number of hydrogen-bond acceptors (Lipinski definition) is 2. The fourth-order valence-corrected chi connectivity index (χ4v) is 2.49. The molecule has 0 fully saturated rings. The van der Waals surface area contributed by atoms with Gasteiger partial charge < -0.3 is 10.2 Å². The van der Waals surface area contributed by atoms with E-state index >= 15 is 0 Å². The van der Waals surface area contributed by atoms with Crippen LogP contribution < -0.4 is 10.2 Å². The summed E-state index contributed by atoms with van der Waals surface area (Å²) >= 11 is 0. The fraction of sp³-hybridized carbons (Fsp3) is 0.316. The summed E-state index contributed by atoms with van der Waals surface area (Å²) in [6, 6.07) is 16.2. The van der Waals surface area contributed by atoms with Gasteiger partial charge in [-0.05, 0) is 44.0 Å². The van der Waals surface area contributed by atoms with Gasteiger partial charge in [-0.2, -0.15) is 0 Å². The molecule has 1 N–H and O–H groups in total. The van der Waals surface area contributed by atoms with E-state index in [-0.39, 0.29) is 5.91 Å². The zero-order valence-electron chi connectivity index (χ0n) is 13.6. The quantitative estimate of drug-likeness (QED) is 0.827. The van der Waals surface area contributed by atoms with Crippen LogP contribution >= 0.6 is 0 Å². The number of amides is 1. The van der Waals surface area contributed by atoms with E-state index in [9.17, 15) is 4.79 Å². The van der Waals surface area contributed by atoms with Crippen molar-refractivity contribution in [3.05, 3.63) is 65.2 Å². The summed E-state index contributed by atoms with van der Waals surface area (Å²) in [7, 11) is 2.07. The molecule has 3 nitrogen and oxygen atoms in total. The molecule has 0 aliphatic rings. The van der Waals surface area contributed by atoms with E-state index in [1.807, 2.05) is 50.2 Å². The molecule has 0 heterocycles. The number of anilines is 1. The first-order valence-electron chi connectivity index (χ1n) is 7.69. The van der Waals surface area contributed by atoms with E-state index < -0.39 is 0 Å². The van der Waals surface area contributed by atoms with Crippen molar-refractivity contribution in [3.8, 4) is 0 Å². The molecule has 0 atom stereocenters. The van der Waals surface area contributed by atoms with Gasteiger partial charge >= 0.3 is 0 Å². The average molecular weight is 296 g/mol. The molecule has 2 rings (SSSR count). The van der Waals surface area contributed by atoms with Crippen LogP contribution in [-0.2, 0) is 0 Å². The molecular formula is C19H24N2O. The number of nitrogens with one attached hydrogen (secondary N) is 1. The Morgan fingerprint density at radius 1 is 1.09 bits per heavy atom. The van der Waals surface area contributed by atoms with Gasteiger partial charge in [0, 0.05) is 31.4 Å². The van der Waals surface area contributed by atoms with Crippen molar-refractivity contribution in [2.24, 2.45) is 0 Å². The lowest BCUT2D eigenvalue weighted by Crippen LogP contribution is -2.28. The topological polar surface area (TPSA) is 32.3 Å². The molecule has 0 spiro atoms. The number of aryl methyl sites for hydroxylation is 2. The van der Waals surface area contributed by atoms with Gasteiger partial charge in [0.05, 0.1) is 0 Å². The van der Waals surface area contributed by atoms with Gasteiger partial charge in [-0.15, -0.1) is 0 Å². The van der Waals surface area contributed by atoms with Gasteiger partial charge in [-0.25, -0.2) is 0 Å². The Morgan fingerprint density at radius 2 is 1.82 bits per heavy atom. The first-order valence-corrected chi connectivity index (χ1v) is 7.69. The number of para-hydroxylation sites is 1. The number of carbonyl (C=O) groups is 1. The number of benzene rings is 2. The molecule has 0 aliphatic carbocycles. The smallest absolute Gasteiger partial charge is 0.251 e. The predicted octanol–water partition coefficient (Wildman–Crippen LogP) is 3.56. The summed E-state index contributed by atoms with van der Waals surface area (Å²) in [5.74, 6) is 0.0138. The predicted molar refractivity (Wildman–Crippen MR) is 92.6 cm³/mol. The Morgan fingerprint density at radius 3 is 2.50 bits per heavy atom. The van der Waals surface area contributed by atoms with Gasteiger partial charge in [0.15, 0.2) is 0 Å². The minimum Gasteiger partial charge on any atom is -0.375 e. The Labute approximate surface area is 133 Å². The lowest BCUT2D eigenvalue weighted by molar-refractivity contribution is 0.0953. The van der Waals surface area contributed by atoms with Gasteiger partial charge in [0.1, 0.15) is 0 Å². The summed E-state index contributed by atoms with van der Waals surface area (Å²) in [5, 5.41) is 3.00. The number of carbonyl (C=O) groups excluding carboxylic acids is 1. The maximum Gasteiger partial charge on any atom is 0.251 e. The molecular weight excluding hydrogens is 272 g/mol. The second kappa shape index (κ2) is 7.64. The minimum atomic E-state index is 0.0138. The Balaban J connectivity index is 1.78. The summed E-state index contributed by atoms with van der Waals surface area (Å²) in [5.41, 5.74) is 4.17. The van der Waals surface area contributed by atoms with Gasteiger partial charge in [0.25, 0.3) is 5.91 Å². The van der Waals surface area contributed by atoms with Crippen LogP contribution in [0.1, 0.15) is 27.9 Å². The number of hydrogen-bond donors (Lipinski definition) is 1. The molecule has 0 aliphatic heterocycles. The van der Waals surface area contributed by atoms with Gasteiger partial charge in [-0.3, -0.25) is 4.79 Å². The highest BCUT2D eigenvalue weighted by atomic mass is 16.1. The lowest BCUT2D eigenvalue weighted by atomic mass is 10.1. The van der Waals surface area contributed by atoms with Crippen molar-refractivity contribution < 1.29 is 4.79 Å². The highest BCUT2D eigenvalue weighted by Crippen LogP contribution is 2.11. The highest BCUT2D eigenvalue weighted by Gasteiger charge is 2.08. The molecule has 0 aromatic heterocycles. The third-order valence-electron chi connectivity index (χ3n) is 3.78. The molecule has 0 saturated carbocycles. The van der Waals surface area contributed by atoms with Crippen LogP contribution in [0.25, 0.3) is 0 Å². The van der Waals surface area contributed by atoms with Crippen molar-refractivity contribution >= 4 is 11.6 Å². The molecule has 3 heteroatoms. The molecule has 0 unspecified atom stereocenters. The van der Waals surface area contributed by atoms with Crippen molar-refractivity contribution in [3.63, 3.8) is 0 Å². The zero-order chi connectivity index (χ0) is 15.9. The lowest BCUT2D eigenvalue weighted by Gasteiger charge is -2.19. The molecule has 0 saturated heterocycles. The van der Waals surface area contributed by atoms with Crippen molar-refractivity contribution in [1.82, 2.24) is 5.32 Å². The summed E-state index contributed by atoms with van der Waals surface area (Å²) in [6.45, 7) is 5.61. The Bertz CT molecular complexity index is 623. The first kappa shape index (κ1) is 16.1. The highest BCUT2D eigenvalue weighted by molar-refractivity contribution is 5.95. The monoisotopic (exact) mass is 296 g/mol. The van der Waals surface area contributed by atoms with Crippen LogP contribution in [0, 0.1) is 13.8 Å². The van der Waals surface area contributed by atoms with Crippen LogP contribution in [0.3, 0.4) is 0 Å². The molecule has 22 heavy (non-hydrogen) atoms. The molecule has 2 aromatic carbocycles. The SMILES string of the molecule is Cc1ccc(C(=O)NCCCN(C)c2ccccc2)c(C)c1. The molecule has 116 valence electrons. The summed E-state index contributed by atoms with van der Waals surface area (Å²) < 4.78 is 0. The molecule has 1 amide bonds. The minimum absolute atomic E-state index is 0.0138. The first-order chi connectivity index (χ1) is 10.6. The van der Waals surface area contributed by atoms with Crippen LogP contribution in [0.5, 0.6) is 0 Å².